The summed E-state index contributed by atoms with van der Waals surface area (Å²) in [6.07, 6.45) is 7.76. The fourth-order valence-electron chi connectivity index (χ4n) is 3.60. The monoisotopic (exact) mass is 464 g/mol. The number of carboxylic acid groups (broad SMARTS) is 1. The van der Waals surface area contributed by atoms with Gasteiger partial charge in [-0.3, -0.25) is 9.36 Å². The number of aldehydes is 1. The number of carboxylic acids is 1. The van der Waals surface area contributed by atoms with E-state index in [0.717, 1.165) is 0 Å². The van der Waals surface area contributed by atoms with Gasteiger partial charge in [0.15, 0.2) is 17.8 Å². The second-order valence-electron chi connectivity index (χ2n) is 7.58. The quantitative estimate of drug-likeness (QED) is 0.274. The molecular weight excluding hydrogens is 440 g/mol. The van der Waals surface area contributed by atoms with Crippen molar-refractivity contribution in [1.29, 1.82) is 0 Å². The molecule has 0 saturated carbocycles. The Morgan fingerprint density at radius 3 is 2.78 bits per heavy atom. The summed E-state index contributed by atoms with van der Waals surface area (Å²) < 4.78 is 12.6. The number of fused-ring (bicyclic) bond motifs is 1. The molecule has 2 aromatic heterocycles. The van der Waals surface area contributed by atoms with Crippen LogP contribution < -0.4 is 5.73 Å². The van der Waals surface area contributed by atoms with Crippen molar-refractivity contribution in [3.05, 3.63) is 11.6 Å². The van der Waals surface area contributed by atoms with Crippen LogP contribution >= 0.6 is 11.6 Å². The van der Waals surface area contributed by atoms with Gasteiger partial charge in [-0.15, -0.1) is 12.3 Å². The van der Waals surface area contributed by atoms with E-state index in [4.69, 9.17) is 38.3 Å². The Hall–Kier alpha value is -2.78. The molecule has 2 fully saturated rings. The molecular formula is C20H25ClN6O5. The maximum absolute atomic E-state index is 10.9. The van der Waals surface area contributed by atoms with Crippen molar-refractivity contribution in [2.75, 3.05) is 32.5 Å². The standard InChI is InChI=1S/C15H14ClN5O5.C5H11N/c1-2-7-3-10(26-9(7)5-25-8(4-22)14(23)24)21-6-18-11-12(17)19-15(16)20-13(11)21;1-6-4-2-3-5-6/h1,4,6-10H,3,5H2,(H,23,24)(H2,17,19,20);2-5H2,1H3. The number of carbonyl (C=O) groups is 2. The van der Waals surface area contributed by atoms with Gasteiger partial charge < -0.3 is 25.2 Å². The number of terminal acetylenes is 1. The van der Waals surface area contributed by atoms with Crippen LogP contribution in [0.15, 0.2) is 6.33 Å². The van der Waals surface area contributed by atoms with Crippen molar-refractivity contribution < 1.29 is 24.2 Å². The number of hydrogen-bond acceptors (Lipinski definition) is 9. The number of halogens is 1. The number of nitrogens with two attached hydrogens (primary N) is 1. The molecule has 4 unspecified atom stereocenters. The molecule has 11 nitrogen and oxygen atoms in total. The lowest BCUT2D eigenvalue weighted by molar-refractivity contribution is -0.155. The smallest absolute Gasteiger partial charge is 0.340 e. The third kappa shape index (κ3) is 5.52. The largest absolute Gasteiger partial charge is 0.479 e. The molecule has 4 heterocycles. The fraction of sp³-hybridized carbons (Fsp3) is 0.550. The van der Waals surface area contributed by atoms with Gasteiger partial charge in [-0.25, -0.2) is 9.78 Å². The predicted molar refractivity (Wildman–Crippen MR) is 116 cm³/mol. The summed E-state index contributed by atoms with van der Waals surface area (Å²) in [5.74, 6) is 0.995. The van der Waals surface area contributed by atoms with Gasteiger partial charge in [-0.05, 0) is 44.6 Å². The highest BCUT2D eigenvalue weighted by Crippen LogP contribution is 2.35. The highest BCUT2D eigenvalue weighted by molar-refractivity contribution is 6.28. The molecule has 4 atom stereocenters. The van der Waals surface area contributed by atoms with Crippen molar-refractivity contribution in [3.63, 3.8) is 0 Å². The maximum Gasteiger partial charge on any atom is 0.340 e. The summed E-state index contributed by atoms with van der Waals surface area (Å²) in [6.45, 7) is 2.49. The van der Waals surface area contributed by atoms with Crippen molar-refractivity contribution in [1.82, 2.24) is 24.4 Å². The second-order valence-corrected chi connectivity index (χ2v) is 7.92. The SMILES string of the molecule is C#CC1CC(n2cnc3c(N)nc(Cl)nc32)OC1COC(C=O)C(=O)O.CN1CCCC1. The van der Waals surface area contributed by atoms with E-state index in [-0.39, 0.29) is 29.9 Å². The summed E-state index contributed by atoms with van der Waals surface area (Å²) >= 11 is 5.85. The molecule has 0 bridgehead atoms. The Balaban J connectivity index is 0.000000416. The molecule has 3 N–H and O–H groups in total. The minimum atomic E-state index is -1.57. The van der Waals surface area contributed by atoms with E-state index in [1.54, 1.807) is 4.57 Å². The first kappa shape index (κ1) is 23.9. The van der Waals surface area contributed by atoms with Crippen LogP contribution in [0.2, 0.25) is 5.28 Å². The molecule has 0 amide bonds. The molecule has 0 aromatic carbocycles. The van der Waals surface area contributed by atoms with Crippen LogP contribution in [0.5, 0.6) is 0 Å². The number of ether oxygens (including phenoxy) is 2. The van der Waals surface area contributed by atoms with Crippen LogP contribution in [0.1, 0.15) is 25.5 Å². The summed E-state index contributed by atoms with van der Waals surface area (Å²) in [5.41, 5.74) is 6.55. The first-order valence-corrected chi connectivity index (χ1v) is 10.5. The van der Waals surface area contributed by atoms with Gasteiger partial charge in [-0.2, -0.15) is 9.97 Å². The number of aromatic nitrogens is 4. The van der Waals surface area contributed by atoms with E-state index < -0.39 is 24.4 Å². The molecule has 2 aliphatic heterocycles. The Labute approximate surface area is 189 Å². The van der Waals surface area contributed by atoms with Gasteiger partial charge in [-0.1, -0.05) is 0 Å². The minimum absolute atomic E-state index is 0.0292. The Morgan fingerprint density at radius 1 is 1.50 bits per heavy atom. The number of nitrogen functional groups attached to an aromatic ring is 1. The molecule has 172 valence electrons. The van der Waals surface area contributed by atoms with E-state index in [9.17, 15) is 9.59 Å². The second kappa shape index (κ2) is 10.7. The van der Waals surface area contributed by atoms with Gasteiger partial charge in [0.25, 0.3) is 0 Å². The third-order valence-electron chi connectivity index (χ3n) is 5.32. The van der Waals surface area contributed by atoms with E-state index in [1.165, 1.54) is 32.3 Å². The zero-order valence-electron chi connectivity index (χ0n) is 17.6. The fourth-order valence-corrected chi connectivity index (χ4v) is 3.77. The van der Waals surface area contributed by atoms with Gasteiger partial charge in [0.1, 0.15) is 11.7 Å². The Morgan fingerprint density at radius 2 is 2.22 bits per heavy atom. The molecule has 32 heavy (non-hydrogen) atoms. The van der Waals surface area contributed by atoms with Crippen LogP contribution in [0.25, 0.3) is 11.2 Å². The molecule has 0 radical (unpaired) electrons. The first-order valence-electron chi connectivity index (χ1n) is 10.1. The number of nitrogens with zero attached hydrogens (tertiary/aromatic N) is 5. The lowest BCUT2D eigenvalue weighted by atomic mass is 10.0. The summed E-state index contributed by atoms with van der Waals surface area (Å²) in [6, 6.07) is 0. The predicted octanol–water partition coefficient (Wildman–Crippen LogP) is 0.980. The van der Waals surface area contributed by atoms with Crippen molar-refractivity contribution in [2.45, 2.75) is 37.7 Å². The van der Waals surface area contributed by atoms with Crippen LogP contribution in [0, 0.1) is 18.3 Å². The maximum atomic E-state index is 10.9. The number of hydrogen-bond donors (Lipinski definition) is 2. The first-order chi connectivity index (χ1) is 15.3. The number of likely N-dealkylation sites (tertiary alicyclic amines) is 1. The molecule has 0 spiro atoms. The lowest BCUT2D eigenvalue weighted by Gasteiger charge is -2.17. The van der Waals surface area contributed by atoms with Crippen molar-refractivity contribution >= 4 is 40.8 Å². The Bertz CT molecular complexity index is 1000. The summed E-state index contributed by atoms with van der Waals surface area (Å²) in [7, 11) is 2.17. The Kier molecular flexibility index (Phi) is 7.98. The van der Waals surface area contributed by atoms with Crippen LogP contribution in [0.4, 0.5) is 5.82 Å². The molecule has 2 aliphatic rings. The number of anilines is 1. The molecule has 2 aromatic rings. The number of rotatable bonds is 6. The number of aliphatic carboxylic acids is 1. The zero-order valence-corrected chi connectivity index (χ0v) is 18.3. The lowest BCUT2D eigenvalue weighted by Crippen LogP contribution is -2.31. The molecule has 2 saturated heterocycles. The highest BCUT2D eigenvalue weighted by atomic mass is 35.5. The topological polar surface area (TPSA) is 146 Å². The van der Waals surface area contributed by atoms with Gasteiger partial charge in [0.05, 0.1) is 25.0 Å². The summed E-state index contributed by atoms with van der Waals surface area (Å²) in [5, 5.41) is 8.83. The molecule has 12 heteroatoms. The van der Waals surface area contributed by atoms with Gasteiger partial charge in [0, 0.05) is 6.42 Å². The molecule has 4 rings (SSSR count). The van der Waals surface area contributed by atoms with Crippen molar-refractivity contribution in [3.8, 4) is 12.3 Å². The average molecular weight is 465 g/mol. The highest BCUT2D eigenvalue weighted by Gasteiger charge is 2.37. The number of carbonyl (C=O) groups excluding carboxylic acids is 1. The summed E-state index contributed by atoms with van der Waals surface area (Å²) in [4.78, 5) is 36.1. The van der Waals surface area contributed by atoms with E-state index in [0.29, 0.717) is 17.6 Å². The van der Waals surface area contributed by atoms with Gasteiger partial charge in [0.2, 0.25) is 11.4 Å². The van der Waals surface area contributed by atoms with Crippen molar-refractivity contribution in [2.24, 2.45) is 5.92 Å². The van der Waals surface area contributed by atoms with Crippen LogP contribution in [0.3, 0.4) is 0 Å². The third-order valence-corrected chi connectivity index (χ3v) is 5.49. The average Bonchev–Trinajstić information content (AvgIpc) is 3.48. The van der Waals surface area contributed by atoms with E-state index in [1.807, 2.05) is 0 Å². The number of imidazole rings is 1. The zero-order chi connectivity index (χ0) is 23.3. The van der Waals surface area contributed by atoms with Crippen LogP contribution in [-0.4, -0.2) is 80.7 Å². The molecule has 0 aliphatic carbocycles. The van der Waals surface area contributed by atoms with E-state index in [2.05, 4.69) is 32.8 Å². The van der Waals surface area contributed by atoms with Crippen LogP contribution in [-0.2, 0) is 19.1 Å². The van der Waals surface area contributed by atoms with Gasteiger partial charge >= 0.3 is 5.97 Å². The van der Waals surface area contributed by atoms with E-state index >= 15 is 0 Å². The minimum Gasteiger partial charge on any atom is -0.479 e. The normalized spacial score (nSPS) is 24.0.